The van der Waals surface area contributed by atoms with Gasteiger partial charge in [0, 0.05) is 10.7 Å². The van der Waals surface area contributed by atoms with Crippen molar-refractivity contribution in [2.45, 2.75) is 32.8 Å². The Morgan fingerprint density at radius 3 is 2.45 bits per heavy atom. The molecule has 0 bridgehead atoms. The Hall–Kier alpha value is -2.00. The van der Waals surface area contributed by atoms with Crippen LogP contribution < -0.4 is 10.1 Å². The predicted octanol–water partition coefficient (Wildman–Crippen LogP) is 4.70. The maximum absolute atomic E-state index is 12.4. The van der Waals surface area contributed by atoms with E-state index in [1.807, 2.05) is 31.2 Å². The molecule has 0 aliphatic heterocycles. The third kappa shape index (κ3) is 4.25. The molecule has 0 aliphatic carbocycles. The number of halogens is 1. The quantitative estimate of drug-likeness (QED) is 0.838. The Kier molecular flexibility index (Phi) is 5.84. The Bertz CT molecular complexity index is 625. The van der Waals surface area contributed by atoms with Crippen LogP contribution in [0.2, 0.25) is 5.02 Å². The molecular formula is C18H20ClNO2. The predicted molar refractivity (Wildman–Crippen MR) is 90.6 cm³/mol. The molecular weight excluding hydrogens is 298 g/mol. The summed E-state index contributed by atoms with van der Waals surface area (Å²) >= 11 is 5.85. The van der Waals surface area contributed by atoms with Gasteiger partial charge in [-0.15, -0.1) is 0 Å². The van der Waals surface area contributed by atoms with E-state index >= 15 is 0 Å². The van der Waals surface area contributed by atoms with Crippen LogP contribution in [-0.2, 0) is 11.2 Å². The molecule has 0 aliphatic rings. The first kappa shape index (κ1) is 16.4. The fraction of sp³-hybridized carbons (Fsp3) is 0.278. The van der Waals surface area contributed by atoms with Crippen LogP contribution in [0.15, 0.2) is 48.5 Å². The molecule has 0 saturated carbocycles. The summed E-state index contributed by atoms with van der Waals surface area (Å²) in [5.74, 6) is 0.494. The van der Waals surface area contributed by atoms with Gasteiger partial charge in [0.2, 0.25) is 0 Å². The van der Waals surface area contributed by atoms with Crippen LogP contribution in [0.5, 0.6) is 5.75 Å². The maximum Gasteiger partial charge on any atom is 0.265 e. The largest absolute Gasteiger partial charge is 0.481 e. The fourth-order valence-corrected chi connectivity index (χ4v) is 2.29. The van der Waals surface area contributed by atoms with E-state index < -0.39 is 6.10 Å². The van der Waals surface area contributed by atoms with Crippen molar-refractivity contribution in [1.82, 2.24) is 0 Å². The molecule has 0 radical (unpaired) electrons. The zero-order valence-electron chi connectivity index (χ0n) is 12.8. The number of ether oxygens (including phenoxy) is 1. The van der Waals surface area contributed by atoms with E-state index in [4.69, 9.17) is 16.3 Å². The Labute approximate surface area is 136 Å². The Morgan fingerprint density at radius 2 is 1.82 bits per heavy atom. The second-order valence-corrected chi connectivity index (χ2v) is 5.41. The number of amides is 1. The molecule has 2 aromatic rings. The number of benzene rings is 2. The van der Waals surface area contributed by atoms with E-state index in [0.717, 1.165) is 17.7 Å². The zero-order valence-corrected chi connectivity index (χ0v) is 13.6. The van der Waals surface area contributed by atoms with Gasteiger partial charge in [0.15, 0.2) is 6.10 Å². The van der Waals surface area contributed by atoms with Gasteiger partial charge in [-0.05, 0) is 48.7 Å². The van der Waals surface area contributed by atoms with Gasteiger partial charge < -0.3 is 10.1 Å². The number of hydrogen-bond donors (Lipinski definition) is 1. The first-order chi connectivity index (χ1) is 10.6. The standard InChI is InChI=1S/C18H20ClNO2/c1-3-13-7-5-6-8-16(13)20-18(21)17(4-2)22-15-11-9-14(19)10-12-15/h5-12,17H,3-4H2,1-2H3,(H,20,21)/t17-/m0/s1. The highest BCUT2D eigenvalue weighted by Gasteiger charge is 2.19. The summed E-state index contributed by atoms with van der Waals surface area (Å²) in [5.41, 5.74) is 1.95. The van der Waals surface area contributed by atoms with Gasteiger partial charge in [0.1, 0.15) is 5.75 Å². The number of para-hydroxylation sites is 1. The van der Waals surface area contributed by atoms with Crippen LogP contribution in [-0.4, -0.2) is 12.0 Å². The molecule has 1 N–H and O–H groups in total. The lowest BCUT2D eigenvalue weighted by molar-refractivity contribution is -0.122. The first-order valence-electron chi connectivity index (χ1n) is 7.45. The molecule has 0 unspecified atom stereocenters. The Morgan fingerprint density at radius 1 is 1.14 bits per heavy atom. The Balaban J connectivity index is 2.07. The molecule has 1 amide bonds. The van der Waals surface area contributed by atoms with Crippen molar-refractivity contribution in [3.05, 3.63) is 59.1 Å². The van der Waals surface area contributed by atoms with E-state index in [2.05, 4.69) is 12.2 Å². The van der Waals surface area contributed by atoms with Crippen molar-refractivity contribution in [1.29, 1.82) is 0 Å². The van der Waals surface area contributed by atoms with Gasteiger partial charge in [-0.3, -0.25) is 4.79 Å². The van der Waals surface area contributed by atoms with E-state index in [1.54, 1.807) is 24.3 Å². The molecule has 4 heteroatoms. The van der Waals surface area contributed by atoms with Crippen molar-refractivity contribution in [2.24, 2.45) is 0 Å². The lowest BCUT2D eigenvalue weighted by atomic mass is 10.1. The molecule has 2 aromatic carbocycles. The van der Waals surface area contributed by atoms with E-state index in [-0.39, 0.29) is 5.91 Å². The molecule has 0 spiro atoms. The summed E-state index contributed by atoms with van der Waals surface area (Å²) in [6.45, 7) is 3.98. The van der Waals surface area contributed by atoms with Crippen LogP contribution in [0.4, 0.5) is 5.69 Å². The highest BCUT2D eigenvalue weighted by atomic mass is 35.5. The van der Waals surface area contributed by atoms with Crippen molar-refractivity contribution >= 4 is 23.2 Å². The minimum Gasteiger partial charge on any atom is -0.481 e. The number of carbonyl (C=O) groups is 1. The second kappa shape index (κ2) is 7.85. The summed E-state index contributed by atoms with van der Waals surface area (Å²) < 4.78 is 5.76. The van der Waals surface area contributed by atoms with Crippen LogP contribution in [0.25, 0.3) is 0 Å². The first-order valence-corrected chi connectivity index (χ1v) is 7.82. The van der Waals surface area contributed by atoms with Gasteiger partial charge in [-0.2, -0.15) is 0 Å². The topological polar surface area (TPSA) is 38.3 Å². The molecule has 116 valence electrons. The SMILES string of the molecule is CCc1ccccc1NC(=O)[C@H](CC)Oc1ccc(Cl)cc1. The zero-order chi connectivity index (χ0) is 15.9. The third-order valence-corrected chi connectivity index (χ3v) is 3.66. The van der Waals surface area contributed by atoms with E-state index in [9.17, 15) is 4.79 Å². The monoisotopic (exact) mass is 317 g/mol. The summed E-state index contributed by atoms with van der Waals surface area (Å²) in [6.07, 6.45) is 0.916. The number of anilines is 1. The second-order valence-electron chi connectivity index (χ2n) is 4.97. The van der Waals surface area contributed by atoms with E-state index in [1.165, 1.54) is 0 Å². The summed E-state index contributed by atoms with van der Waals surface area (Å²) in [7, 11) is 0. The normalized spacial score (nSPS) is 11.8. The molecule has 1 atom stereocenters. The van der Waals surface area contributed by atoms with Crippen molar-refractivity contribution in [3.8, 4) is 5.75 Å². The number of rotatable bonds is 6. The minimum absolute atomic E-state index is 0.140. The molecule has 0 fully saturated rings. The average molecular weight is 318 g/mol. The lowest BCUT2D eigenvalue weighted by Crippen LogP contribution is -2.32. The third-order valence-electron chi connectivity index (χ3n) is 3.41. The summed E-state index contributed by atoms with van der Waals surface area (Å²) in [5, 5.41) is 3.59. The number of carbonyl (C=O) groups excluding carboxylic acids is 1. The van der Waals surface area contributed by atoms with Crippen LogP contribution in [0, 0.1) is 0 Å². The smallest absolute Gasteiger partial charge is 0.265 e. The van der Waals surface area contributed by atoms with Crippen molar-refractivity contribution < 1.29 is 9.53 Å². The molecule has 22 heavy (non-hydrogen) atoms. The molecule has 2 rings (SSSR count). The number of aryl methyl sites for hydroxylation is 1. The molecule has 3 nitrogen and oxygen atoms in total. The van der Waals surface area contributed by atoms with E-state index in [0.29, 0.717) is 17.2 Å². The summed E-state index contributed by atoms with van der Waals surface area (Å²) in [6, 6.07) is 14.8. The minimum atomic E-state index is -0.536. The summed E-state index contributed by atoms with van der Waals surface area (Å²) in [4.78, 5) is 12.4. The van der Waals surface area contributed by atoms with Crippen LogP contribution in [0.3, 0.4) is 0 Å². The van der Waals surface area contributed by atoms with Gasteiger partial charge in [0.05, 0.1) is 0 Å². The maximum atomic E-state index is 12.4. The highest BCUT2D eigenvalue weighted by molar-refractivity contribution is 6.30. The van der Waals surface area contributed by atoms with Gasteiger partial charge in [0.25, 0.3) is 5.91 Å². The van der Waals surface area contributed by atoms with Crippen LogP contribution >= 0.6 is 11.6 Å². The van der Waals surface area contributed by atoms with Gasteiger partial charge in [-0.1, -0.05) is 43.6 Å². The number of hydrogen-bond acceptors (Lipinski definition) is 2. The lowest BCUT2D eigenvalue weighted by Gasteiger charge is -2.18. The van der Waals surface area contributed by atoms with Gasteiger partial charge in [-0.25, -0.2) is 0 Å². The van der Waals surface area contributed by atoms with Gasteiger partial charge >= 0.3 is 0 Å². The van der Waals surface area contributed by atoms with Crippen LogP contribution in [0.1, 0.15) is 25.8 Å². The number of nitrogens with one attached hydrogen (secondary N) is 1. The fourth-order valence-electron chi connectivity index (χ4n) is 2.16. The highest BCUT2D eigenvalue weighted by Crippen LogP contribution is 2.20. The van der Waals surface area contributed by atoms with Crippen molar-refractivity contribution in [3.63, 3.8) is 0 Å². The molecule has 0 saturated heterocycles. The molecule has 0 aromatic heterocycles. The molecule has 0 heterocycles. The average Bonchev–Trinajstić information content (AvgIpc) is 2.54. The van der Waals surface area contributed by atoms with Crippen molar-refractivity contribution in [2.75, 3.05) is 5.32 Å².